The lowest BCUT2D eigenvalue weighted by Gasteiger charge is -2.65. The lowest BCUT2D eigenvalue weighted by molar-refractivity contribution is -0.218. The molecule has 5 heteroatoms. The summed E-state index contributed by atoms with van der Waals surface area (Å²) in [4.78, 5) is 11.2. The smallest absolute Gasteiger partial charge is 0.330 e. The Labute approximate surface area is 211 Å². The highest BCUT2D eigenvalue weighted by Crippen LogP contribution is 2.88. The zero-order valence-corrected chi connectivity index (χ0v) is 22.7. The maximum absolute atomic E-state index is 12.0. The molecule has 11 unspecified atom stereocenters. The summed E-state index contributed by atoms with van der Waals surface area (Å²) >= 11 is 0. The molecule has 5 saturated carbocycles. The fourth-order valence-electron chi connectivity index (χ4n) is 11.2. The third-order valence-electron chi connectivity index (χ3n) is 13.3. The molecule has 5 aliphatic carbocycles. The van der Waals surface area contributed by atoms with Crippen LogP contribution in [0.1, 0.15) is 99.3 Å². The lowest BCUT2D eigenvalue weighted by Crippen LogP contribution is -2.63. The molecule has 0 bridgehead atoms. The van der Waals surface area contributed by atoms with Crippen LogP contribution in [0.3, 0.4) is 0 Å². The summed E-state index contributed by atoms with van der Waals surface area (Å²) in [6.45, 7) is 13.1. The van der Waals surface area contributed by atoms with Crippen LogP contribution in [0.25, 0.3) is 0 Å². The van der Waals surface area contributed by atoms with E-state index in [1.165, 1.54) is 0 Å². The SMILES string of the molecule is C/C(=C\CCC(C)C1CC(O)C2(C)C3CCC4C(C)(C)C(O)CCC45CC35C(O)CC12C)C(=O)O. The van der Waals surface area contributed by atoms with Crippen molar-refractivity contribution in [3.63, 3.8) is 0 Å². The average Bonchev–Trinajstić information content (AvgIpc) is 3.43. The molecule has 0 saturated heterocycles. The van der Waals surface area contributed by atoms with Gasteiger partial charge in [-0.3, -0.25) is 0 Å². The highest BCUT2D eigenvalue weighted by atomic mass is 16.4. The monoisotopic (exact) mass is 488 g/mol. The Hall–Kier alpha value is -0.910. The number of hydrogen-bond donors (Lipinski definition) is 4. The molecule has 0 aromatic rings. The molecule has 5 fully saturated rings. The van der Waals surface area contributed by atoms with Gasteiger partial charge in [0.05, 0.1) is 18.3 Å². The number of carboxylic acid groups (broad SMARTS) is 1. The molecule has 0 heterocycles. The normalized spacial score (nSPS) is 53.1. The van der Waals surface area contributed by atoms with Gasteiger partial charge in [0.15, 0.2) is 0 Å². The summed E-state index contributed by atoms with van der Waals surface area (Å²) in [5, 5.41) is 43.7. The molecule has 5 nitrogen and oxygen atoms in total. The first-order valence-electron chi connectivity index (χ1n) is 14.1. The zero-order chi connectivity index (χ0) is 25.8. The molecule has 198 valence electrons. The second-order valence-electron chi connectivity index (χ2n) is 14.5. The van der Waals surface area contributed by atoms with Crippen molar-refractivity contribution < 1.29 is 25.2 Å². The maximum Gasteiger partial charge on any atom is 0.330 e. The fraction of sp³-hybridized carbons (Fsp3) is 0.900. The van der Waals surface area contributed by atoms with Gasteiger partial charge in [-0.1, -0.05) is 40.7 Å². The van der Waals surface area contributed by atoms with E-state index < -0.39 is 5.97 Å². The Balaban J connectivity index is 1.44. The number of fused-ring (bicyclic) bond motifs is 2. The zero-order valence-electron chi connectivity index (χ0n) is 22.7. The van der Waals surface area contributed by atoms with Gasteiger partial charge in [-0.25, -0.2) is 4.79 Å². The molecular formula is C30H48O5. The predicted molar refractivity (Wildman–Crippen MR) is 135 cm³/mol. The molecule has 2 spiro atoms. The highest BCUT2D eigenvalue weighted by molar-refractivity contribution is 5.85. The Morgan fingerprint density at radius 3 is 2.31 bits per heavy atom. The molecule has 4 N–H and O–H groups in total. The fourth-order valence-corrected chi connectivity index (χ4v) is 11.2. The van der Waals surface area contributed by atoms with Crippen LogP contribution in [0.15, 0.2) is 11.6 Å². The summed E-state index contributed by atoms with van der Waals surface area (Å²) in [5.74, 6) is 0.554. The Morgan fingerprint density at radius 2 is 1.66 bits per heavy atom. The van der Waals surface area contributed by atoms with Gasteiger partial charge >= 0.3 is 5.97 Å². The summed E-state index contributed by atoms with van der Waals surface area (Å²) in [6.07, 6.45) is 8.99. The van der Waals surface area contributed by atoms with E-state index >= 15 is 0 Å². The van der Waals surface area contributed by atoms with Gasteiger partial charge in [0.1, 0.15) is 0 Å². The van der Waals surface area contributed by atoms with Crippen LogP contribution in [0, 0.1) is 50.7 Å². The molecule has 35 heavy (non-hydrogen) atoms. The van der Waals surface area contributed by atoms with E-state index in [4.69, 9.17) is 0 Å². The predicted octanol–water partition coefficient (Wildman–Crippen LogP) is 5.18. The van der Waals surface area contributed by atoms with E-state index in [1.807, 2.05) is 6.08 Å². The van der Waals surface area contributed by atoms with Crippen molar-refractivity contribution >= 4 is 5.97 Å². The minimum Gasteiger partial charge on any atom is -0.478 e. The number of allylic oxidation sites excluding steroid dienone is 1. The third-order valence-corrected chi connectivity index (χ3v) is 13.3. The Bertz CT molecular complexity index is 926. The largest absolute Gasteiger partial charge is 0.478 e. The van der Waals surface area contributed by atoms with E-state index in [2.05, 4.69) is 34.6 Å². The van der Waals surface area contributed by atoms with Crippen LogP contribution >= 0.6 is 0 Å². The molecule has 0 aromatic carbocycles. The molecule has 0 amide bonds. The van der Waals surface area contributed by atoms with Crippen molar-refractivity contribution in [3.05, 3.63) is 11.6 Å². The number of rotatable bonds is 5. The second kappa shape index (κ2) is 7.80. The Kier molecular flexibility index (Phi) is 5.73. The molecule has 5 rings (SSSR count). The number of aliphatic carboxylic acids is 1. The average molecular weight is 489 g/mol. The van der Waals surface area contributed by atoms with Crippen molar-refractivity contribution in [2.24, 2.45) is 50.7 Å². The topological polar surface area (TPSA) is 98.0 Å². The first-order chi connectivity index (χ1) is 16.2. The van der Waals surface area contributed by atoms with E-state index in [0.717, 1.165) is 57.8 Å². The lowest BCUT2D eigenvalue weighted by atomic mass is 9.40. The van der Waals surface area contributed by atoms with Crippen molar-refractivity contribution in [1.29, 1.82) is 0 Å². The number of carbonyl (C=O) groups is 1. The van der Waals surface area contributed by atoms with E-state index in [9.17, 15) is 25.2 Å². The van der Waals surface area contributed by atoms with Gasteiger partial charge in [-0.05, 0) is 105 Å². The van der Waals surface area contributed by atoms with Gasteiger partial charge in [-0.2, -0.15) is 0 Å². The minimum absolute atomic E-state index is 0.109. The van der Waals surface area contributed by atoms with Gasteiger partial charge in [-0.15, -0.1) is 0 Å². The summed E-state index contributed by atoms with van der Waals surface area (Å²) in [5.41, 5.74) is -0.0978. The second-order valence-corrected chi connectivity index (χ2v) is 14.5. The van der Waals surface area contributed by atoms with Crippen LogP contribution in [-0.4, -0.2) is 44.7 Å². The standard InChI is InChI=1S/C30H48O5/c1-17(8-7-9-18(2)25(34)35)19-14-23(32)28(6)21-11-10-20-26(3,4)22(31)12-13-29(20)16-30(21,29)24(33)15-27(19,28)5/h9,17,19-24,31-33H,7-8,10-16H2,1-6H3,(H,34,35)/b18-9+. The van der Waals surface area contributed by atoms with Crippen LogP contribution in [0.2, 0.25) is 0 Å². The van der Waals surface area contributed by atoms with Crippen molar-refractivity contribution in [3.8, 4) is 0 Å². The van der Waals surface area contributed by atoms with Gasteiger partial charge in [0, 0.05) is 16.4 Å². The quantitative estimate of drug-likeness (QED) is 0.400. The van der Waals surface area contributed by atoms with Gasteiger partial charge in [0.25, 0.3) is 0 Å². The molecule has 11 atom stereocenters. The van der Waals surface area contributed by atoms with E-state index in [-0.39, 0.29) is 45.4 Å². The van der Waals surface area contributed by atoms with Crippen molar-refractivity contribution in [2.45, 2.75) is 118 Å². The molecule has 5 aliphatic rings. The number of carboxylic acids is 1. The highest BCUT2D eigenvalue weighted by Gasteiger charge is 2.85. The summed E-state index contributed by atoms with van der Waals surface area (Å²) in [7, 11) is 0. The summed E-state index contributed by atoms with van der Waals surface area (Å²) in [6, 6.07) is 0. The van der Waals surface area contributed by atoms with Crippen LogP contribution in [0.4, 0.5) is 0 Å². The first-order valence-corrected chi connectivity index (χ1v) is 14.1. The molecule has 0 aliphatic heterocycles. The number of hydrogen-bond acceptors (Lipinski definition) is 4. The van der Waals surface area contributed by atoms with Crippen LogP contribution in [0.5, 0.6) is 0 Å². The molecular weight excluding hydrogens is 440 g/mol. The van der Waals surface area contributed by atoms with Crippen molar-refractivity contribution in [1.82, 2.24) is 0 Å². The van der Waals surface area contributed by atoms with Crippen molar-refractivity contribution in [2.75, 3.05) is 0 Å². The van der Waals surface area contributed by atoms with Crippen LogP contribution in [-0.2, 0) is 4.79 Å². The number of aliphatic hydroxyl groups excluding tert-OH is 3. The van der Waals surface area contributed by atoms with Gasteiger partial charge in [0.2, 0.25) is 0 Å². The maximum atomic E-state index is 12.0. The Morgan fingerprint density at radius 1 is 1.00 bits per heavy atom. The third kappa shape index (κ3) is 3.01. The minimum atomic E-state index is -0.860. The molecule has 0 radical (unpaired) electrons. The van der Waals surface area contributed by atoms with E-state index in [1.54, 1.807) is 6.92 Å². The molecule has 0 aromatic heterocycles. The first kappa shape index (κ1) is 25.7. The van der Waals surface area contributed by atoms with Crippen LogP contribution < -0.4 is 0 Å². The summed E-state index contributed by atoms with van der Waals surface area (Å²) < 4.78 is 0. The van der Waals surface area contributed by atoms with E-state index in [0.29, 0.717) is 29.2 Å². The van der Waals surface area contributed by atoms with Gasteiger partial charge < -0.3 is 20.4 Å². The number of aliphatic hydroxyl groups is 3.